The number of carboxylic acid groups (broad SMARTS) is 1. The Morgan fingerprint density at radius 3 is 2.58 bits per heavy atom. The van der Waals surface area contributed by atoms with Crippen molar-refractivity contribution in [3.05, 3.63) is 34.6 Å². The van der Waals surface area contributed by atoms with E-state index >= 15 is 0 Å². The van der Waals surface area contributed by atoms with E-state index in [0.717, 1.165) is 12.1 Å². The minimum absolute atomic E-state index is 0.0194. The van der Waals surface area contributed by atoms with Crippen LogP contribution in [-0.2, 0) is 4.79 Å². The molecule has 0 spiro atoms. The summed E-state index contributed by atoms with van der Waals surface area (Å²) >= 11 is 5.83. The second kappa shape index (κ2) is 6.52. The molecule has 1 rings (SSSR count). The van der Waals surface area contributed by atoms with E-state index in [1.165, 1.54) is 11.0 Å². The van der Waals surface area contributed by atoms with Gasteiger partial charge in [0.2, 0.25) is 0 Å². The van der Waals surface area contributed by atoms with E-state index < -0.39 is 23.7 Å². The van der Waals surface area contributed by atoms with Crippen molar-refractivity contribution in [3.8, 4) is 0 Å². The first-order valence-electron chi connectivity index (χ1n) is 5.84. The fraction of sp³-hybridized carbons (Fsp3) is 0.385. The molecule has 0 aliphatic carbocycles. The Labute approximate surface area is 115 Å². The highest BCUT2D eigenvalue weighted by atomic mass is 35.5. The average molecular weight is 288 g/mol. The van der Waals surface area contributed by atoms with Crippen molar-refractivity contribution in [2.24, 2.45) is 0 Å². The third kappa shape index (κ3) is 3.92. The molecule has 1 unspecified atom stereocenters. The number of nitrogens with zero attached hydrogens (tertiary/aromatic N) is 1. The number of carbonyl (C=O) groups is 2. The van der Waals surface area contributed by atoms with Crippen LogP contribution in [0.4, 0.5) is 4.39 Å². The van der Waals surface area contributed by atoms with Crippen LogP contribution in [-0.4, -0.2) is 34.5 Å². The van der Waals surface area contributed by atoms with Crippen LogP contribution in [0.1, 0.15) is 30.6 Å². The van der Waals surface area contributed by atoms with E-state index in [-0.39, 0.29) is 17.0 Å². The second-order valence-electron chi connectivity index (χ2n) is 4.16. The summed E-state index contributed by atoms with van der Waals surface area (Å²) in [4.78, 5) is 24.3. The normalized spacial score (nSPS) is 12.0. The monoisotopic (exact) mass is 287 g/mol. The summed E-state index contributed by atoms with van der Waals surface area (Å²) in [5.74, 6) is -1.91. The summed E-state index contributed by atoms with van der Waals surface area (Å²) < 4.78 is 12.9. The van der Waals surface area contributed by atoms with Crippen molar-refractivity contribution < 1.29 is 19.1 Å². The van der Waals surface area contributed by atoms with Crippen LogP contribution in [0.3, 0.4) is 0 Å². The van der Waals surface area contributed by atoms with Gasteiger partial charge < -0.3 is 10.0 Å². The third-order valence-corrected chi connectivity index (χ3v) is 3.08. The van der Waals surface area contributed by atoms with Gasteiger partial charge in [-0.3, -0.25) is 9.59 Å². The first-order chi connectivity index (χ1) is 8.86. The molecule has 1 aromatic rings. The van der Waals surface area contributed by atoms with Gasteiger partial charge in [0.15, 0.2) is 0 Å². The van der Waals surface area contributed by atoms with Gasteiger partial charge in [-0.15, -0.1) is 0 Å². The number of hydrogen-bond donors (Lipinski definition) is 1. The molecule has 0 aliphatic rings. The van der Waals surface area contributed by atoms with Crippen molar-refractivity contribution in [2.75, 3.05) is 6.54 Å². The van der Waals surface area contributed by atoms with Crippen molar-refractivity contribution in [1.29, 1.82) is 0 Å². The molecule has 0 bridgehead atoms. The first kappa shape index (κ1) is 15.4. The van der Waals surface area contributed by atoms with Gasteiger partial charge in [0.1, 0.15) is 5.82 Å². The number of rotatable bonds is 5. The highest BCUT2D eigenvalue weighted by Crippen LogP contribution is 2.20. The van der Waals surface area contributed by atoms with Gasteiger partial charge in [0.05, 0.1) is 17.0 Å². The van der Waals surface area contributed by atoms with Crippen LogP contribution in [0, 0.1) is 5.82 Å². The molecule has 0 aromatic heterocycles. The highest BCUT2D eigenvalue weighted by molar-refractivity contribution is 6.33. The molecule has 0 saturated heterocycles. The summed E-state index contributed by atoms with van der Waals surface area (Å²) in [7, 11) is 0. The molecular weight excluding hydrogens is 273 g/mol. The molecular formula is C13H15ClFNO3. The Hall–Kier alpha value is -1.62. The number of halogens is 2. The Balaban J connectivity index is 2.98. The van der Waals surface area contributed by atoms with Gasteiger partial charge >= 0.3 is 5.97 Å². The molecule has 6 heteroatoms. The number of aliphatic carboxylic acids is 1. The van der Waals surface area contributed by atoms with Gasteiger partial charge in [0.25, 0.3) is 5.91 Å². The molecule has 0 saturated carbocycles. The summed E-state index contributed by atoms with van der Waals surface area (Å²) in [5.41, 5.74) is 0.169. The molecule has 104 valence electrons. The zero-order valence-corrected chi connectivity index (χ0v) is 11.4. The summed E-state index contributed by atoms with van der Waals surface area (Å²) in [6, 6.07) is 3.05. The van der Waals surface area contributed by atoms with Gasteiger partial charge in [-0.2, -0.15) is 0 Å². The van der Waals surface area contributed by atoms with Gasteiger partial charge in [-0.05, 0) is 32.0 Å². The maximum atomic E-state index is 12.9. The van der Waals surface area contributed by atoms with Crippen LogP contribution in [0.25, 0.3) is 0 Å². The Bertz CT molecular complexity index is 493. The molecule has 0 fully saturated rings. The summed E-state index contributed by atoms with van der Waals surface area (Å²) in [6.07, 6.45) is -0.154. The van der Waals surface area contributed by atoms with Crippen molar-refractivity contribution in [2.45, 2.75) is 26.3 Å². The molecule has 1 amide bonds. The van der Waals surface area contributed by atoms with Crippen LogP contribution in [0.15, 0.2) is 18.2 Å². The molecule has 0 heterocycles. The molecule has 19 heavy (non-hydrogen) atoms. The summed E-state index contributed by atoms with van der Waals surface area (Å²) in [5, 5.41) is 8.78. The largest absolute Gasteiger partial charge is 0.481 e. The predicted molar refractivity (Wildman–Crippen MR) is 69.8 cm³/mol. The molecule has 0 radical (unpaired) electrons. The smallest absolute Gasteiger partial charge is 0.305 e. The number of amides is 1. The van der Waals surface area contributed by atoms with E-state index in [1.54, 1.807) is 13.8 Å². The fourth-order valence-corrected chi connectivity index (χ4v) is 2.08. The molecule has 1 N–H and O–H groups in total. The van der Waals surface area contributed by atoms with Crippen LogP contribution in [0.2, 0.25) is 5.02 Å². The number of benzene rings is 1. The van der Waals surface area contributed by atoms with E-state index in [9.17, 15) is 14.0 Å². The number of hydrogen-bond acceptors (Lipinski definition) is 2. The van der Waals surface area contributed by atoms with E-state index in [1.807, 2.05) is 0 Å². The third-order valence-electron chi connectivity index (χ3n) is 2.77. The van der Waals surface area contributed by atoms with E-state index in [4.69, 9.17) is 16.7 Å². The summed E-state index contributed by atoms with van der Waals surface area (Å²) in [6.45, 7) is 3.74. The standard InChI is InChI=1S/C13H15ClFNO3/c1-3-16(8(2)6-12(17)18)13(19)10-5-4-9(15)7-11(10)14/h4-5,7-8H,3,6H2,1-2H3,(H,17,18). The number of carboxylic acids is 1. The predicted octanol–water partition coefficient (Wildman–Crippen LogP) is 2.80. The van der Waals surface area contributed by atoms with Crippen LogP contribution < -0.4 is 0 Å². The van der Waals surface area contributed by atoms with Crippen LogP contribution in [0.5, 0.6) is 0 Å². The van der Waals surface area contributed by atoms with Gasteiger partial charge in [-0.25, -0.2) is 4.39 Å². The van der Waals surface area contributed by atoms with Gasteiger partial charge in [0, 0.05) is 12.6 Å². The molecule has 1 atom stereocenters. The Morgan fingerprint density at radius 2 is 2.11 bits per heavy atom. The number of carbonyl (C=O) groups excluding carboxylic acids is 1. The highest BCUT2D eigenvalue weighted by Gasteiger charge is 2.23. The van der Waals surface area contributed by atoms with Crippen molar-refractivity contribution >= 4 is 23.5 Å². The molecule has 0 aliphatic heterocycles. The SMILES string of the molecule is CCN(C(=O)c1ccc(F)cc1Cl)C(C)CC(=O)O. The second-order valence-corrected chi connectivity index (χ2v) is 4.57. The quantitative estimate of drug-likeness (QED) is 0.906. The average Bonchev–Trinajstić information content (AvgIpc) is 2.28. The lowest BCUT2D eigenvalue weighted by molar-refractivity contribution is -0.138. The van der Waals surface area contributed by atoms with E-state index in [2.05, 4.69) is 0 Å². The van der Waals surface area contributed by atoms with Crippen LogP contribution >= 0.6 is 11.6 Å². The van der Waals surface area contributed by atoms with E-state index in [0.29, 0.717) is 6.54 Å². The van der Waals surface area contributed by atoms with Crippen molar-refractivity contribution in [1.82, 2.24) is 4.90 Å². The fourth-order valence-electron chi connectivity index (χ4n) is 1.84. The molecule has 1 aromatic carbocycles. The van der Waals surface area contributed by atoms with Gasteiger partial charge in [-0.1, -0.05) is 11.6 Å². The minimum atomic E-state index is -0.982. The Kier molecular flexibility index (Phi) is 5.30. The maximum Gasteiger partial charge on any atom is 0.305 e. The zero-order chi connectivity index (χ0) is 14.6. The Morgan fingerprint density at radius 1 is 1.47 bits per heavy atom. The minimum Gasteiger partial charge on any atom is -0.481 e. The topological polar surface area (TPSA) is 57.6 Å². The lowest BCUT2D eigenvalue weighted by atomic mass is 10.1. The lowest BCUT2D eigenvalue weighted by Crippen LogP contribution is -2.39. The maximum absolute atomic E-state index is 12.9. The molecule has 4 nitrogen and oxygen atoms in total. The first-order valence-corrected chi connectivity index (χ1v) is 6.22. The zero-order valence-electron chi connectivity index (χ0n) is 10.7. The lowest BCUT2D eigenvalue weighted by Gasteiger charge is -2.27. The van der Waals surface area contributed by atoms with Crippen molar-refractivity contribution in [3.63, 3.8) is 0 Å².